The second-order valence-corrected chi connectivity index (χ2v) is 2.91. The lowest BCUT2D eigenvalue weighted by molar-refractivity contribution is 0.156. The first-order valence-corrected chi connectivity index (χ1v) is 4.18. The smallest absolute Gasteiger partial charge is 0.404 e. The zero-order valence-corrected chi connectivity index (χ0v) is 7.77. The number of hydrogen-bond donors (Lipinski definition) is 3. The van der Waals surface area contributed by atoms with Gasteiger partial charge in [-0.05, 0) is 19.1 Å². The molecule has 1 unspecified atom stereocenters. The van der Waals surface area contributed by atoms with Crippen molar-refractivity contribution in [3.8, 4) is 0 Å². The maximum Gasteiger partial charge on any atom is 0.404 e. The largest absolute Gasteiger partial charge is 0.465 e. The maximum absolute atomic E-state index is 10.2. The van der Waals surface area contributed by atoms with Crippen LogP contribution >= 0.6 is 0 Å². The molecule has 1 atom stereocenters. The van der Waals surface area contributed by atoms with Crippen molar-refractivity contribution in [1.29, 1.82) is 0 Å². The summed E-state index contributed by atoms with van der Waals surface area (Å²) in [5, 5.41) is 19.9. The Balaban J connectivity index is 2.60. The van der Waals surface area contributed by atoms with Gasteiger partial charge in [-0.1, -0.05) is 6.07 Å². The highest BCUT2D eigenvalue weighted by Gasteiger charge is 2.09. The van der Waals surface area contributed by atoms with E-state index in [1.54, 1.807) is 25.1 Å². The molecule has 0 fully saturated rings. The van der Waals surface area contributed by atoms with Crippen molar-refractivity contribution in [2.24, 2.45) is 0 Å². The number of carbonyl (C=O) groups is 1. The molecule has 0 bridgehead atoms. The molecule has 0 aliphatic carbocycles. The van der Waals surface area contributed by atoms with Gasteiger partial charge in [-0.15, -0.1) is 0 Å². The number of pyridine rings is 1. The van der Waals surface area contributed by atoms with Gasteiger partial charge in [0.15, 0.2) is 0 Å². The molecule has 0 saturated carbocycles. The van der Waals surface area contributed by atoms with Gasteiger partial charge in [0.1, 0.15) is 6.10 Å². The highest BCUT2D eigenvalue weighted by Crippen LogP contribution is 2.08. The molecule has 1 heterocycles. The fraction of sp³-hybridized carbons (Fsp3) is 0.333. The Hall–Kier alpha value is -1.62. The average molecular weight is 196 g/mol. The first-order valence-electron chi connectivity index (χ1n) is 4.18. The van der Waals surface area contributed by atoms with Crippen LogP contribution in [0.5, 0.6) is 0 Å². The first-order chi connectivity index (χ1) is 6.59. The summed E-state index contributed by atoms with van der Waals surface area (Å²) < 4.78 is 0. The zero-order valence-electron chi connectivity index (χ0n) is 7.77. The number of aliphatic hydroxyl groups excluding tert-OH is 1. The number of aromatic nitrogens is 1. The predicted octanol–water partition coefficient (Wildman–Crippen LogP) is 0.691. The van der Waals surface area contributed by atoms with E-state index in [1.165, 1.54) is 0 Å². The highest BCUT2D eigenvalue weighted by atomic mass is 16.4. The number of rotatable bonds is 3. The van der Waals surface area contributed by atoms with Gasteiger partial charge in [0.05, 0.1) is 12.2 Å². The summed E-state index contributed by atoms with van der Waals surface area (Å²) in [5.74, 6) is 0. The number of aryl methyl sites for hydroxylation is 1. The van der Waals surface area contributed by atoms with Gasteiger partial charge in [0, 0.05) is 5.69 Å². The topological polar surface area (TPSA) is 82.5 Å². The van der Waals surface area contributed by atoms with E-state index in [2.05, 4.69) is 10.3 Å². The summed E-state index contributed by atoms with van der Waals surface area (Å²) in [6.45, 7) is 1.76. The summed E-state index contributed by atoms with van der Waals surface area (Å²) >= 11 is 0. The minimum atomic E-state index is -1.16. The molecule has 0 aliphatic rings. The molecular formula is C9H12N2O3. The predicted molar refractivity (Wildman–Crippen MR) is 50.0 cm³/mol. The SMILES string of the molecule is Cc1cccc(C(O)CNC(=O)O)n1. The van der Waals surface area contributed by atoms with E-state index in [4.69, 9.17) is 5.11 Å². The molecule has 5 nitrogen and oxygen atoms in total. The minimum absolute atomic E-state index is 0.0498. The molecule has 14 heavy (non-hydrogen) atoms. The molecule has 0 spiro atoms. The third-order valence-electron chi connectivity index (χ3n) is 1.70. The van der Waals surface area contributed by atoms with Crippen molar-refractivity contribution in [2.75, 3.05) is 6.54 Å². The lowest BCUT2D eigenvalue weighted by atomic mass is 10.2. The van der Waals surface area contributed by atoms with Crippen LogP contribution in [0.4, 0.5) is 4.79 Å². The Morgan fingerprint density at radius 3 is 2.93 bits per heavy atom. The van der Waals surface area contributed by atoms with E-state index in [9.17, 15) is 9.90 Å². The molecule has 0 saturated heterocycles. The highest BCUT2D eigenvalue weighted by molar-refractivity contribution is 5.64. The lowest BCUT2D eigenvalue weighted by Gasteiger charge is -2.09. The Labute approximate surface area is 81.4 Å². The Bertz CT molecular complexity index is 328. The molecule has 3 N–H and O–H groups in total. The van der Waals surface area contributed by atoms with E-state index in [0.717, 1.165) is 5.69 Å². The summed E-state index contributed by atoms with van der Waals surface area (Å²) in [4.78, 5) is 14.2. The molecule has 0 aromatic carbocycles. The van der Waals surface area contributed by atoms with Crippen molar-refractivity contribution in [2.45, 2.75) is 13.0 Å². The van der Waals surface area contributed by atoms with Crippen LogP contribution in [0.2, 0.25) is 0 Å². The van der Waals surface area contributed by atoms with E-state index in [0.29, 0.717) is 5.69 Å². The molecule has 1 amide bonds. The molecule has 1 aromatic heterocycles. The number of nitrogens with one attached hydrogen (secondary N) is 1. The molecular weight excluding hydrogens is 184 g/mol. The van der Waals surface area contributed by atoms with Crippen molar-refractivity contribution in [3.63, 3.8) is 0 Å². The monoisotopic (exact) mass is 196 g/mol. The van der Waals surface area contributed by atoms with E-state index in [-0.39, 0.29) is 6.54 Å². The molecule has 1 rings (SSSR count). The van der Waals surface area contributed by atoms with Crippen LogP contribution in [0, 0.1) is 6.92 Å². The summed E-state index contributed by atoms with van der Waals surface area (Å²) in [6.07, 6.45) is -2.05. The van der Waals surface area contributed by atoms with E-state index >= 15 is 0 Å². The lowest BCUT2D eigenvalue weighted by Crippen LogP contribution is -2.26. The number of carboxylic acid groups (broad SMARTS) is 1. The average Bonchev–Trinajstić information content (AvgIpc) is 2.14. The normalized spacial score (nSPS) is 12.1. The van der Waals surface area contributed by atoms with Gasteiger partial charge in [0.25, 0.3) is 0 Å². The third-order valence-corrected chi connectivity index (χ3v) is 1.70. The van der Waals surface area contributed by atoms with Crippen LogP contribution < -0.4 is 5.32 Å². The Kier molecular flexibility index (Phi) is 3.41. The molecule has 0 radical (unpaired) electrons. The van der Waals surface area contributed by atoms with E-state index in [1.807, 2.05) is 0 Å². The van der Waals surface area contributed by atoms with Gasteiger partial charge in [-0.3, -0.25) is 4.98 Å². The molecule has 1 aromatic rings. The van der Waals surface area contributed by atoms with Gasteiger partial charge in [0.2, 0.25) is 0 Å². The van der Waals surface area contributed by atoms with Crippen LogP contribution in [0.15, 0.2) is 18.2 Å². The van der Waals surface area contributed by atoms with Gasteiger partial charge < -0.3 is 15.5 Å². The van der Waals surface area contributed by atoms with Crippen LogP contribution in [0.3, 0.4) is 0 Å². The molecule has 76 valence electrons. The fourth-order valence-electron chi connectivity index (χ4n) is 1.04. The second-order valence-electron chi connectivity index (χ2n) is 2.91. The van der Waals surface area contributed by atoms with Crippen molar-refractivity contribution in [1.82, 2.24) is 10.3 Å². The minimum Gasteiger partial charge on any atom is -0.465 e. The number of nitrogens with zero attached hydrogens (tertiary/aromatic N) is 1. The summed E-state index contributed by atoms with van der Waals surface area (Å²) in [7, 11) is 0. The number of aliphatic hydroxyl groups is 1. The fourth-order valence-corrected chi connectivity index (χ4v) is 1.04. The molecule has 5 heteroatoms. The van der Waals surface area contributed by atoms with Crippen molar-refractivity contribution < 1.29 is 15.0 Å². The van der Waals surface area contributed by atoms with Gasteiger partial charge in [-0.25, -0.2) is 4.79 Å². The van der Waals surface area contributed by atoms with Crippen molar-refractivity contribution in [3.05, 3.63) is 29.6 Å². The van der Waals surface area contributed by atoms with E-state index < -0.39 is 12.2 Å². The van der Waals surface area contributed by atoms with Crippen LogP contribution in [-0.4, -0.2) is 27.8 Å². The Morgan fingerprint density at radius 2 is 2.36 bits per heavy atom. The molecule has 0 aliphatic heterocycles. The summed E-state index contributed by atoms with van der Waals surface area (Å²) in [6, 6.07) is 5.23. The van der Waals surface area contributed by atoms with Gasteiger partial charge >= 0.3 is 6.09 Å². The summed E-state index contributed by atoms with van der Waals surface area (Å²) in [5.41, 5.74) is 1.26. The maximum atomic E-state index is 10.2. The third kappa shape index (κ3) is 3.02. The van der Waals surface area contributed by atoms with Crippen LogP contribution in [0.1, 0.15) is 17.5 Å². The number of amides is 1. The van der Waals surface area contributed by atoms with Crippen molar-refractivity contribution >= 4 is 6.09 Å². The number of hydrogen-bond acceptors (Lipinski definition) is 3. The van der Waals surface area contributed by atoms with Crippen LogP contribution in [0.25, 0.3) is 0 Å². The van der Waals surface area contributed by atoms with Crippen LogP contribution in [-0.2, 0) is 0 Å². The first kappa shape index (κ1) is 10.5. The standard InChI is InChI=1S/C9H12N2O3/c1-6-3-2-4-7(11-6)8(12)5-10-9(13)14/h2-4,8,10,12H,5H2,1H3,(H,13,14). The second kappa shape index (κ2) is 4.57. The quantitative estimate of drug-likeness (QED) is 0.664. The van der Waals surface area contributed by atoms with Gasteiger partial charge in [-0.2, -0.15) is 0 Å². The zero-order chi connectivity index (χ0) is 10.6. The Morgan fingerprint density at radius 1 is 1.64 bits per heavy atom.